The van der Waals surface area contributed by atoms with Crippen molar-refractivity contribution < 1.29 is 14.3 Å². The molecule has 0 bridgehead atoms. The van der Waals surface area contributed by atoms with Gasteiger partial charge in [0.15, 0.2) is 0 Å². The van der Waals surface area contributed by atoms with E-state index in [9.17, 15) is 9.59 Å². The van der Waals surface area contributed by atoms with Crippen LogP contribution in [0, 0.1) is 0 Å². The van der Waals surface area contributed by atoms with Crippen molar-refractivity contribution in [2.45, 2.75) is 57.4 Å². The van der Waals surface area contributed by atoms with Crippen LogP contribution in [0.1, 0.15) is 54.3 Å². The van der Waals surface area contributed by atoms with Gasteiger partial charge in [-0.25, -0.2) is 15.0 Å². The molecule has 1 aromatic carbocycles. The number of hydrogen-bond donors (Lipinski definition) is 2. The van der Waals surface area contributed by atoms with Crippen molar-refractivity contribution in [1.82, 2.24) is 30.1 Å². The van der Waals surface area contributed by atoms with Gasteiger partial charge >= 0.3 is 0 Å². The van der Waals surface area contributed by atoms with Crippen LogP contribution in [-0.2, 0) is 16.1 Å². The zero-order chi connectivity index (χ0) is 31.0. The monoisotopic (exact) mass is 618 g/mol. The van der Waals surface area contributed by atoms with E-state index in [-0.39, 0.29) is 23.9 Å². The largest absolute Gasteiger partial charge is 0.381 e. The Balaban J connectivity index is 1.11. The first-order chi connectivity index (χ1) is 21.2. The number of fused-ring (bicyclic) bond motifs is 1. The molecular formula is C32H39ClN8O3. The SMILES string of the molecule is C[C@H](C(=O)N[C@H](C)c1cccc(N2CC(N(C)C)C2)n1)N1Cc2ccc(-c3nc(NC4CCOCC4)ncc3Cl)cc2C1=O. The Hall–Kier alpha value is -3.80. The Labute approximate surface area is 263 Å². The van der Waals surface area contributed by atoms with E-state index < -0.39 is 6.04 Å². The summed E-state index contributed by atoms with van der Waals surface area (Å²) >= 11 is 6.51. The fraction of sp³-hybridized carbons (Fsp3) is 0.469. The van der Waals surface area contributed by atoms with Gasteiger partial charge in [0.2, 0.25) is 11.9 Å². The van der Waals surface area contributed by atoms with Crippen molar-refractivity contribution >= 4 is 35.2 Å². The summed E-state index contributed by atoms with van der Waals surface area (Å²) in [5, 5.41) is 6.83. The molecule has 232 valence electrons. The number of anilines is 2. The summed E-state index contributed by atoms with van der Waals surface area (Å²) < 4.78 is 5.44. The number of benzene rings is 1. The van der Waals surface area contributed by atoms with Crippen LogP contribution in [0.15, 0.2) is 42.6 Å². The molecule has 0 unspecified atom stereocenters. The Morgan fingerprint density at radius 1 is 1.11 bits per heavy atom. The Kier molecular flexibility index (Phi) is 8.70. The fourth-order valence-electron chi connectivity index (χ4n) is 5.82. The highest BCUT2D eigenvalue weighted by Crippen LogP contribution is 2.33. The topological polar surface area (TPSA) is 116 Å². The predicted molar refractivity (Wildman–Crippen MR) is 170 cm³/mol. The normalized spacial score (nSPS) is 18.6. The highest BCUT2D eigenvalue weighted by molar-refractivity contribution is 6.33. The van der Waals surface area contributed by atoms with E-state index in [1.165, 1.54) is 0 Å². The molecule has 0 radical (unpaired) electrons. The van der Waals surface area contributed by atoms with E-state index in [2.05, 4.69) is 44.5 Å². The molecule has 0 saturated carbocycles. The maximum Gasteiger partial charge on any atom is 0.255 e. The molecule has 2 fully saturated rings. The van der Waals surface area contributed by atoms with Gasteiger partial charge in [-0.05, 0) is 64.5 Å². The van der Waals surface area contributed by atoms with Gasteiger partial charge in [0.05, 0.1) is 28.6 Å². The minimum absolute atomic E-state index is 0.198. The first-order valence-corrected chi connectivity index (χ1v) is 15.6. The van der Waals surface area contributed by atoms with Crippen LogP contribution >= 0.6 is 11.6 Å². The lowest BCUT2D eigenvalue weighted by Gasteiger charge is -2.43. The minimum atomic E-state index is -0.668. The van der Waals surface area contributed by atoms with Gasteiger partial charge < -0.3 is 30.1 Å². The molecule has 2 atom stereocenters. The number of carbonyl (C=O) groups is 2. The molecule has 44 heavy (non-hydrogen) atoms. The summed E-state index contributed by atoms with van der Waals surface area (Å²) in [6.07, 6.45) is 3.34. The summed E-state index contributed by atoms with van der Waals surface area (Å²) in [6.45, 7) is 7.29. The van der Waals surface area contributed by atoms with E-state index in [0.29, 0.717) is 48.0 Å². The van der Waals surface area contributed by atoms with Crippen LogP contribution in [0.25, 0.3) is 11.3 Å². The third-order valence-corrected chi connectivity index (χ3v) is 9.11. The third-order valence-electron chi connectivity index (χ3n) is 8.84. The van der Waals surface area contributed by atoms with Crippen molar-refractivity contribution in [3.8, 4) is 11.3 Å². The predicted octanol–water partition coefficient (Wildman–Crippen LogP) is 3.75. The van der Waals surface area contributed by atoms with Gasteiger partial charge in [0.25, 0.3) is 5.91 Å². The van der Waals surface area contributed by atoms with Crippen molar-refractivity contribution in [3.05, 3.63) is 64.4 Å². The van der Waals surface area contributed by atoms with E-state index in [1.807, 2.05) is 43.3 Å². The number of nitrogens with zero attached hydrogens (tertiary/aromatic N) is 6. The zero-order valence-corrected chi connectivity index (χ0v) is 26.3. The minimum Gasteiger partial charge on any atom is -0.381 e. The molecule has 11 nitrogen and oxygen atoms in total. The van der Waals surface area contributed by atoms with Gasteiger partial charge in [-0.15, -0.1) is 0 Å². The molecule has 5 heterocycles. The van der Waals surface area contributed by atoms with Gasteiger partial charge in [-0.3, -0.25) is 9.59 Å². The number of carbonyl (C=O) groups excluding carboxylic acids is 2. The molecule has 3 aliphatic heterocycles. The average molecular weight is 619 g/mol. The molecule has 3 aliphatic rings. The number of amides is 2. The smallest absolute Gasteiger partial charge is 0.255 e. The van der Waals surface area contributed by atoms with E-state index >= 15 is 0 Å². The second-order valence-electron chi connectivity index (χ2n) is 12.1. The first-order valence-electron chi connectivity index (χ1n) is 15.2. The van der Waals surface area contributed by atoms with Crippen LogP contribution in [-0.4, -0.2) is 95.1 Å². The fourth-order valence-corrected chi connectivity index (χ4v) is 6.02. The summed E-state index contributed by atoms with van der Waals surface area (Å²) in [6, 6.07) is 11.3. The lowest BCUT2D eigenvalue weighted by atomic mass is 10.0. The molecule has 2 amide bonds. The molecule has 2 N–H and O–H groups in total. The van der Waals surface area contributed by atoms with Crippen LogP contribution in [0.5, 0.6) is 0 Å². The summed E-state index contributed by atoms with van der Waals surface area (Å²) in [5.41, 5.74) is 3.46. The van der Waals surface area contributed by atoms with E-state index in [4.69, 9.17) is 21.3 Å². The van der Waals surface area contributed by atoms with Crippen LogP contribution < -0.4 is 15.5 Å². The Bertz CT molecular complexity index is 1540. The number of likely N-dealkylation sites (N-methyl/N-ethyl adjacent to an activating group) is 1. The number of hydrogen-bond acceptors (Lipinski definition) is 9. The van der Waals surface area contributed by atoms with Crippen LogP contribution in [0.3, 0.4) is 0 Å². The van der Waals surface area contributed by atoms with Gasteiger partial charge in [0, 0.05) is 56.1 Å². The number of pyridine rings is 1. The number of rotatable bonds is 9. The lowest BCUT2D eigenvalue weighted by molar-refractivity contribution is -0.125. The third kappa shape index (κ3) is 6.22. The van der Waals surface area contributed by atoms with Crippen molar-refractivity contribution in [1.29, 1.82) is 0 Å². The average Bonchev–Trinajstić information content (AvgIpc) is 3.32. The highest BCUT2D eigenvalue weighted by Gasteiger charge is 2.35. The van der Waals surface area contributed by atoms with Crippen LogP contribution in [0.4, 0.5) is 11.8 Å². The summed E-state index contributed by atoms with van der Waals surface area (Å²) in [5.74, 6) is 0.972. The number of halogens is 1. The Morgan fingerprint density at radius 3 is 2.64 bits per heavy atom. The van der Waals surface area contributed by atoms with Gasteiger partial charge in [-0.1, -0.05) is 29.8 Å². The molecule has 3 aromatic rings. The quantitative estimate of drug-likeness (QED) is 0.370. The molecule has 2 aromatic heterocycles. The Morgan fingerprint density at radius 2 is 1.89 bits per heavy atom. The molecule has 0 aliphatic carbocycles. The maximum absolute atomic E-state index is 13.6. The van der Waals surface area contributed by atoms with Crippen molar-refractivity contribution in [2.75, 3.05) is 50.6 Å². The number of ether oxygens (including phenoxy) is 1. The van der Waals surface area contributed by atoms with Gasteiger partial charge in [0.1, 0.15) is 11.9 Å². The molecule has 12 heteroatoms. The highest BCUT2D eigenvalue weighted by atomic mass is 35.5. The number of aromatic nitrogens is 3. The second kappa shape index (κ2) is 12.7. The molecule has 2 saturated heterocycles. The standard InChI is InChI=1S/C32H39ClN8O3/c1-19(27-6-5-7-28(37-27)40-17-24(18-40)39(3)4)35-30(42)20(2)41-16-22-9-8-21(14-25(22)31(41)43)29-26(33)15-34-32(38-29)36-23-10-12-44-13-11-23/h5-9,14-15,19-20,23-24H,10-13,16-18H2,1-4H3,(H,35,42)(H,34,36,38)/t19-,20-/m1/s1. The first kappa shape index (κ1) is 30.2. The second-order valence-corrected chi connectivity index (χ2v) is 12.5. The molecule has 6 rings (SSSR count). The molecular weight excluding hydrogens is 580 g/mol. The van der Waals surface area contributed by atoms with E-state index in [0.717, 1.165) is 48.6 Å². The van der Waals surface area contributed by atoms with Crippen molar-refractivity contribution in [3.63, 3.8) is 0 Å². The summed E-state index contributed by atoms with van der Waals surface area (Å²) in [7, 11) is 4.17. The molecule has 0 spiro atoms. The maximum atomic E-state index is 13.6. The zero-order valence-electron chi connectivity index (χ0n) is 25.6. The van der Waals surface area contributed by atoms with Gasteiger partial charge in [-0.2, -0.15) is 0 Å². The number of nitrogens with one attached hydrogen (secondary N) is 2. The summed E-state index contributed by atoms with van der Waals surface area (Å²) in [4.78, 5) is 46.8. The van der Waals surface area contributed by atoms with Crippen molar-refractivity contribution in [2.24, 2.45) is 0 Å². The van der Waals surface area contributed by atoms with E-state index in [1.54, 1.807) is 18.0 Å². The van der Waals surface area contributed by atoms with Crippen LogP contribution in [0.2, 0.25) is 5.02 Å². The lowest BCUT2D eigenvalue weighted by Crippen LogP contribution is -2.57.